The summed E-state index contributed by atoms with van der Waals surface area (Å²) in [7, 11) is 0. The second kappa shape index (κ2) is 7.26. The summed E-state index contributed by atoms with van der Waals surface area (Å²) in [5.74, 6) is 0.371. The second-order valence-corrected chi connectivity index (χ2v) is 7.58. The number of rotatable bonds is 3. The largest absolute Gasteiger partial charge is 0.348 e. The Labute approximate surface area is 162 Å². The fraction of sp³-hybridized carbons (Fsp3) is 0.450. The zero-order valence-corrected chi connectivity index (χ0v) is 15.7. The lowest BCUT2D eigenvalue weighted by Crippen LogP contribution is -2.46. The fourth-order valence-electron chi connectivity index (χ4n) is 4.32. The summed E-state index contributed by atoms with van der Waals surface area (Å²) in [4.78, 5) is 39.6. The van der Waals surface area contributed by atoms with E-state index >= 15 is 0 Å². The van der Waals surface area contributed by atoms with Gasteiger partial charge in [0.25, 0.3) is 5.91 Å². The highest BCUT2D eigenvalue weighted by Gasteiger charge is 2.50. The molecule has 0 radical (unpaired) electrons. The standard InChI is InChI=1S/C20H22FN5O2/c1-13-22-9-6-16(24-13)18(27)25-15-3-2-7-20(11-15)8-10-26(19(20)28)17-5-4-14(21)12-23-17/h4-6,9,12,15H,2-3,7-8,10-11H2,1H3,(H,25,27)/t15-,20-/m0/s1. The van der Waals surface area contributed by atoms with Crippen molar-refractivity contribution < 1.29 is 14.0 Å². The summed E-state index contributed by atoms with van der Waals surface area (Å²) in [5, 5.41) is 3.03. The second-order valence-electron chi connectivity index (χ2n) is 7.58. The first-order chi connectivity index (χ1) is 13.5. The third-order valence-corrected chi connectivity index (χ3v) is 5.69. The Morgan fingerprint density at radius 2 is 2.14 bits per heavy atom. The molecule has 1 N–H and O–H groups in total. The van der Waals surface area contributed by atoms with Crippen molar-refractivity contribution in [3.63, 3.8) is 0 Å². The van der Waals surface area contributed by atoms with Crippen LogP contribution in [0.4, 0.5) is 10.2 Å². The van der Waals surface area contributed by atoms with Crippen molar-refractivity contribution in [1.29, 1.82) is 0 Å². The molecule has 0 aromatic carbocycles. The van der Waals surface area contributed by atoms with Crippen LogP contribution in [0.1, 0.15) is 48.4 Å². The van der Waals surface area contributed by atoms with Crippen LogP contribution >= 0.6 is 0 Å². The van der Waals surface area contributed by atoms with E-state index in [4.69, 9.17) is 0 Å². The van der Waals surface area contributed by atoms with Gasteiger partial charge in [0, 0.05) is 18.8 Å². The van der Waals surface area contributed by atoms with Crippen LogP contribution in [0.3, 0.4) is 0 Å². The molecule has 1 aliphatic heterocycles. The third-order valence-electron chi connectivity index (χ3n) is 5.69. The minimum atomic E-state index is -0.492. The first-order valence-electron chi connectivity index (χ1n) is 9.51. The van der Waals surface area contributed by atoms with Gasteiger partial charge in [-0.15, -0.1) is 0 Å². The highest BCUT2D eigenvalue weighted by Crippen LogP contribution is 2.45. The lowest BCUT2D eigenvalue weighted by Gasteiger charge is -2.36. The van der Waals surface area contributed by atoms with Gasteiger partial charge < -0.3 is 5.32 Å². The molecule has 2 atom stereocenters. The quantitative estimate of drug-likeness (QED) is 0.879. The van der Waals surface area contributed by atoms with E-state index in [-0.39, 0.29) is 17.9 Å². The topological polar surface area (TPSA) is 88.1 Å². The first kappa shape index (κ1) is 18.5. The number of hydrogen-bond donors (Lipinski definition) is 1. The van der Waals surface area contributed by atoms with Gasteiger partial charge in [-0.05, 0) is 50.8 Å². The maximum atomic E-state index is 13.2. The molecular formula is C20H22FN5O2. The number of halogens is 1. The molecule has 3 heterocycles. The Kier molecular flexibility index (Phi) is 4.78. The predicted octanol–water partition coefficient (Wildman–Crippen LogP) is 2.41. The summed E-state index contributed by atoms with van der Waals surface area (Å²) >= 11 is 0. The number of amides is 2. The molecule has 4 rings (SSSR count). The SMILES string of the molecule is Cc1nccc(C(=O)N[C@H]2CCC[C@]3(CCN(c4ccc(F)cn4)C3=O)C2)n1. The molecule has 7 nitrogen and oxygen atoms in total. The minimum Gasteiger partial charge on any atom is -0.348 e. The van der Waals surface area contributed by atoms with Crippen LogP contribution < -0.4 is 10.2 Å². The number of pyridine rings is 1. The van der Waals surface area contributed by atoms with E-state index in [1.165, 1.54) is 12.1 Å². The van der Waals surface area contributed by atoms with E-state index in [2.05, 4.69) is 20.3 Å². The number of nitrogens with one attached hydrogen (secondary N) is 1. The zero-order chi connectivity index (χ0) is 19.7. The molecule has 8 heteroatoms. The number of aryl methyl sites for hydroxylation is 1. The smallest absolute Gasteiger partial charge is 0.270 e. The Morgan fingerprint density at radius 3 is 2.89 bits per heavy atom. The zero-order valence-electron chi connectivity index (χ0n) is 15.7. The first-order valence-corrected chi connectivity index (χ1v) is 9.51. The highest BCUT2D eigenvalue weighted by molar-refractivity contribution is 5.99. The predicted molar refractivity (Wildman–Crippen MR) is 100 cm³/mol. The highest BCUT2D eigenvalue weighted by atomic mass is 19.1. The molecular weight excluding hydrogens is 361 g/mol. The van der Waals surface area contributed by atoms with Crippen molar-refractivity contribution in [2.75, 3.05) is 11.4 Å². The maximum absolute atomic E-state index is 13.2. The van der Waals surface area contributed by atoms with Crippen LogP contribution in [-0.2, 0) is 4.79 Å². The molecule has 28 heavy (non-hydrogen) atoms. The molecule has 2 aromatic rings. The van der Waals surface area contributed by atoms with Gasteiger partial charge in [-0.25, -0.2) is 19.3 Å². The van der Waals surface area contributed by atoms with Crippen LogP contribution in [0.15, 0.2) is 30.6 Å². The lowest BCUT2D eigenvalue weighted by atomic mass is 9.71. The molecule has 1 spiro atoms. The van der Waals surface area contributed by atoms with E-state index in [0.717, 1.165) is 25.5 Å². The van der Waals surface area contributed by atoms with Crippen LogP contribution in [0.5, 0.6) is 0 Å². The molecule has 1 aliphatic carbocycles. The van der Waals surface area contributed by atoms with Gasteiger partial charge in [0.05, 0.1) is 11.6 Å². The van der Waals surface area contributed by atoms with Gasteiger partial charge >= 0.3 is 0 Å². The van der Waals surface area contributed by atoms with Gasteiger partial charge in [-0.2, -0.15) is 0 Å². The number of carbonyl (C=O) groups excluding carboxylic acids is 2. The fourth-order valence-corrected chi connectivity index (χ4v) is 4.32. The van der Waals surface area contributed by atoms with Crippen LogP contribution in [0, 0.1) is 18.2 Å². The van der Waals surface area contributed by atoms with Crippen molar-refractivity contribution in [1.82, 2.24) is 20.3 Å². The molecule has 2 amide bonds. The van der Waals surface area contributed by atoms with Gasteiger partial charge in [0.15, 0.2) is 0 Å². The molecule has 1 saturated carbocycles. The number of aromatic nitrogens is 3. The Balaban J connectivity index is 1.46. The normalized spacial score (nSPS) is 24.6. The minimum absolute atomic E-state index is 0.0171. The molecule has 1 saturated heterocycles. The number of carbonyl (C=O) groups is 2. The van der Waals surface area contributed by atoms with Crippen molar-refractivity contribution in [2.24, 2.45) is 5.41 Å². The average Bonchev–Trinajstić information content (AvgIpc) is 2.98. The van der Waals surface area contributed by atoms with E-state index in [1.807, 2.05) is 0 Å². The monoisotopic (exact) mass is 383 g/mol. The van der Waals surface area contributed by atoms with Crippen LogP contribution in [-0.4, -0.2) is 39.4 Å². The number of nitrogens with zero attached hydrogens (tertiary/aromatic N) is 4. The molecule has 0 bridgehead atoms. The number of anilines is 1. The Morgan fingerprint density at radius 1 is 1.29 bits per heavy atom. The molecule has 146 valence electrons. The number of hydrogen-bond acceptors (Lipinski definition) is 5. The van der Waals surface area contributed by atoms with E-state index in [1.54, 1.807) is 24.1 Å². The van der Waals surface area contributed by atoms with Gasteiger partial charge in [0.2, 0.25) is 5.91 Å². The maximum Gasteiger partial charge on any atom is 0.270 e. The summed E-state index contributed by atoms with van der Waals surface area (Å²) in [6.45, 7) is 2.30. The van der Waals surface area contributed by atoms with E-state index in [0.29, 0.717) is 36.7 Å². The van der Waals surface area contributed by atoms with E-state index < -0.39 is 11.2 Å². The molecule has 0 unspecified atom stereocenters. The van der Waals surface area contributed by atoms with Crippen LogP contribution in [0.2, 0.25) is 0 Å². The van der Waals surface area contributed by atoms with Gasteiger partial charge in [-0.3, -0.25) is 14.5 Å². The van der Waals surface area contributed by atoms with Gasteiger partial charge in [-0.1, -0.05) is 6.42 Å². The third kappa shape index (κ3) is 3.46. The van der Waals surface area contributed by atoms with Gasteiger partial charge in [0.1, 0.15) is 23.2 Å². The molecule has 2 fully saturated rings. The van der Waals surface area contributed by atoms with E-state index in [9.17, 15) is 14.0 Å². The molecule has 2 aliphatic rings. The Bertz CT molecular complexity index is 904. The lowest BCUT2D eigenvalue weighted by molar-refractivity contribution is -0.127. The molecule has 2 aromatic heterocycles. The average molecular weight is 383 g/mol. The Hall–Kier alpha value is -2.90. The summed E-state index contributed by atoms with van der Waals surface area (Å²) in [6, 6.07) is 4.35. The summed E-state index contributed by atoms with van der Waals surface area (Å²) in [5.41, 5.74) is -0.157. The van der Waals surface area contributed by atoms with Crippen molar-refractivity contribution in [3.8, 4) is 0 Å². The van der Waals surface area contributed by atoms with Crippen molar-refractivity contribution >= 4 is 17.6 Å². The van der Waals surface area contributed by atoms with Crippen molar-refractivity contribution in [3.05, 3.63) is 47.9 Å². The summed E-state index contributed by atoms with van der Waals surface area (Å²) in [6.07, 6.45) is 6.49. The summed E-state index contributed by atoms with van der Waals surface area (Å²) < 4.78 is 13.1. The van der Waals surface area contributed by atoms with Crippen molar-refractivity contribution in [2.45, 2.75) is 45.1 Å². The van der Waals surface area contributed by atoms with Crippen LogP contribution in [0.25, 0.3) is 0 Å².